The standard InChI is InChI=1S/C24H34ClN5O2.ClH/c25-19-16-27-21-8-7-17(14-18(19)21)15-28-23(31)22-9-13-30(22)24(32)20(26)6-2-5-12-29-10-3-1-4-11-29;/h7-8,14,16,20,22,27H,1-6,9-13,15,26H2,(H,28,31);1H/t20?,22-;/m0./s1. The monoisotopic (exact) mass is 495 g/mol. The van der Waals surface area contributed by atoms with E-state index >= 15 is 0 Å². The van der Waals surface area contributed by atoms with E-state index in [4.69, 9.17) is 17.3 Å². The minimum atomic E-state index is -0.523. The van der Waals surface area contributed by atoms with Crippen molar-refractivity contribution in [2.24, 2.45) is 5.73 Å². The topological polar surface area (TPSA) is 94.5 Å². The first-order chi connectivity index (χ1) is 15.5. The normalized spacial score (nSPS) is 19.6. The first-order valence-electron chi connectivity index (χ1n) is 11.8. The summed E-state index contributed by atoms with van der Waals surface area (Å²) in [5.74, 6) is -0.225. The van der Waals surface area contributed by atoms with Gasteiger partial charge in [-0.2, -0.15) is 0 Å². The molecule has 0 spiro atoms. The van der Waals surface area contributed by atoms with E-state index in [0.29, 0.717) is 31.0 Å². The molecule has 2 aliphatic heterocycles. The van der Waals surface area contributed by atoms with Crippen molar-refractivity contribution in [2.45, 2.75) is 63.6 Å². The molecule has 2 amide bonds. The second-order valence-corrected chi connectivity index (χ2v) is 9.48. The Morgan fingerprint density at radius 1 is 1.18 bits per heavy atom. The van der Waals surface area contributed by atoms with Crippen LogP contribution in [0.2, 0.25) is 5.02 Å². The highest BCUT2D eigenvalue weighted by molar-refractivity contribution is 6.35. The summed E-state index contributed by atoms with van der Waals surface area (Å²) < 4.78 is 0. The van der Waals surface area contributed by atoms with Gasteiger partial charge in [-0.3, -0.25) is 9.59 Å². The number of nitrogens with zero attached hydrogens (tertiary/aromatic N) is 2. The number of amides is 2. The number of carbonyl (C=O) groups is 2. The average Bonchev–Trinajstić information content (AvgIpc) is 3.15. The molecular weight excluding hydrogens is 461 g/mol. The maximum atomic E-state index is 12.8. The molecule has 0 aliphatic carbocycles. The molecule has 2 atom stereocenters. The first kappa shape index (κ1) is 25.8. The number of halogens is 2. The Bertz CT molecular complexity index is 944. The summed E-state index contributed by atoms with van der Waals surface area (Å²) in [5.41, 5.74) is 8.11. The van der Waals surface area contributed by atoms with E-state index in [1.807, 2.05) is 18.2 Å². The van der Waals surface area contributed by atoms with E-state index in [0.717, 1.165) is 35.9 Å². The van der Waals surface area contributed by atoms with Gasteiger partial charge in [0.1, 0.15) is 6.04 Å². The van der Waals surface area contributed by atoms with Crippen molar-refractivity contribution in [3.63, 3.8) is 0 Å². The zero-order valence-corrected chi connectivity index (χ0v) is 20.6. The third-order valence-corrected chi connectivity index (χ3v) is 7.09. The largest absolute Gasteiger partial charge is 0.360 e. The number of benzene rings is 1. The highest BCUT2D eigenvalue weighted by Gasteiger charge is 2.39. The lowest BCUT2D eigenvalue weighted by Gasteiger charge is -2.41. The van der Waals surface area contributed by atoms with Crippen LogP contribution in [0, 0.1) is 0 Å². The quantitative estimate of drug-likeness (QED) is 0.464. The van der Waals surface area contributed by atoms with Crippen molar-refractivity contribution in [3.05, 3.63) is 35.0 Å². The van der Waals surface area contributed by atoms with Crippen LogP contribution in [0.3, 0.4) is 0 Å². The van der Waals surface area contributed by atoms with Crippen molar-refractivity contribution in [2.75, 3.05) is 26.2 Å². The first-order valence-corrected chi connectivity index (χ1v) is 12.2. The molecule has 2 fully saturated rings. The van der Waals surface area contributed by atoms with Gasteiger partial charge in [-0.05, 0) is 69.4 Å². The number of nitrogens with two attached hydrogens (primary N) is 1. The Hall–Kier alpha value is -1.80. The molecule has 4 rings (SSSR count). The summed E-state index contributed by atoms with van der Waals surface area (Å²) in [4.78, 5) is 32.7. The summed E-state index contributed by atoms with van der Waals surface area (Å²) in [5, 5.41) is 4.55. The molecule has 0 saturated carbocycles. The number of likely N-dealkylation sites (tertiary alicyclic amines) is 2. The van der Waals surface area contributed by atoms with Crippen LogP contribution < -0.4 is 11.1 Å². The Morgan fingerprint density at radius 3 is 2.70 bits per heavy atom. The Kier molecular flexibility index (Phi) is 9.44. The van der Waals surface area contributed by atoms with Crippen LogP contribution in [0.4, 0.5) is 0 Å². The molecule has 1 aromatic heterocycles. The zero-order valence-electron chi connectivity index (χ0n) is 19.0. The van der Waals surface area contributed by atoms with Crippen molar-refractivity contribution in [1.29, 1.82) is 0 Å². The SMILES string of the molecule is Cl.NC(CCCCN1CCCCC1)C(=O)N1CC[C@H]1C(=O)NCc1ccc2[nH]cc(Cl)c2c1. The summed E-state index contributed by atoms with van der Waals surface area (Å²) in [6.07, 6.45) is 9.06. The predicted octanol–water partition coefficient (Wildman–Crippen LogP) is 3.44. The smallest absolute Gasteiger partial charge is 0.243 e. The van der Waals surface area contributed by atoms with E-state index in [2.05, 4.69) is 15.2 Å². The van der Waals surface area contributed by atoms with Crippen molar-refractivity contribution >= 4 is 46.7 Å². The number of rotatable bonds is 9. The number of unbranched alkanes of at least 4 members (excludes halogenated alkanes) is 1. The average molecular weight is 496 g/mol. The lowest BCUT2D eigenvalue weighted by atomic mass is 9.98. The summed E-state index contributed by atoms with van der Waals surface area (Å²) in [7, 11) is 0. The summed E-state index contributed by atoms with van der Waals surface area (Å²) >= 11 is 6.18. The predicted molar refractivity (Wildman–Crippen MR) is 135 cm³/mol. The van der Waals surface area contributed by atoms with Crippen LogP contribution in [-0.2, 0) is 16.1 Å². The molecule has 0 radical (unpaired) electrons. The molecule has 33 heavy (non-hydrogen) atoms. The van der Waals surface area contributed by atoms with Gasteiger partial charge in [0.15, 0.2) is 0 Å². The second-order valence-electron chi connectivity index (χ2n) is 9.08. The number of hydrogen-bond donors (Lipinski definition) is 3. The van der Waals surface area contributed by atoms with Gasteiger partial charge >= 0.3 is 0 Å². The van der Waals surface area contributed by atoms with Crippen molar-refractivity contribution in [3.8, 4) is 0 Å². The third-order valence-electron chi connectivity index (χ3n) is 6.77. The van der Waals surface area contributed by atoms with Gasteiger partial charge < -0.3 is 25.8 Å². The van der Waals surface area contributed by atoms with E-state index in [-0.39, 0.29) is 24.2 Å². The van der Waals surface area contributed by atoms with Crippen LogP contribution in [0.1, 0.15) is 50.5 Å². The molecule has 2 aromatic rings. The molecule has 7 nitrogen and oxygen atoms in total. The maximum absolute atomic E-state index is 12.8. The number of fused-ring (bicyclic) bond motifs is 1. The highest BCUT2D eigenvalue weighted by Crippen LogP contribution is 2.24. The van der Waals surface area contributed by atoms with E-state index in [1.54, 1.807) is 11.1 Å². The van der Waals surface area contributed by atoms with Crippen molar-refractivity contribution in [1.82, 2.24) is 20.1 Å². The minimum Gasteiger partial charge on any atom is -0.360 e. The number of nitrogens with one attached hydrogen (secondary N) is 2. The van der Waals surface area contributed by atoms with Crippen LogP contribution >= 0.6 is 24.0 Å². The fourth-order valence-corrected chi connectivity index (χ4v) is 4.90. The Balaban J connectivity index is 0.00000306. The van der Waals surface area contributed by atoms with Gasteiger partial charge in [-0.1, -0.05) is 30.5 Å². The molecule has 2 aliphatic rings. The fraction of sp³-hybridized carbons (Fsp3) is 0.583. The molecule has 0 bridgehead atoms. The van der Waals surface area contributed by atoms with Crippen LogP contribution in [0.15, 0.2) is 24.4 Å². The molecule has 3 heterocycles. The van der Waals surface area contributed by atoms with Crippen LogP contribution in [-0.4, -0.2) is 64.9 Å². The highest BCUT2D eigenvalue weighted by atomic mass is 35.5. The Labute approximate surface area is 206 Å². The van der Waals surface area contributed by atoms with Crippen molar-refractivity contribution < 1.29 is 9.59 Å². The summed E-state index contributed by atoms with van der Waals surface area (Å²) in [6, 6.07) is 4.94. The molecule has 9 heteroatoms. The number of aromatic nitrogens is 1. The number of carbonyl (C=O) groups excluding carboxylic acids is 2. The number of hydrogen-bond acceptors (Lipinski definition) is 4. The molecule has 2 saturated heterocycles. The molecule has 1 unspecified atom stereocenters. The zero-order chi connectivity index (χ0) is 22.5. The van der Waals surface area contributed by atoms with E-state index in [1.165, 1.54) is 32.4 Å². The van der Waals surface area contributed by atoms with Gasteiger partial charge in [0.2, 0.25) is 11.8 Å². The van der Waals surface area contributed by atoms with Gasteiger partial charge in [0, 0.05) is 30.2 Å². The molecule has 4 N–H and O–H groups in total. The molecule has 1 aromatic carbocycles. The molecular formula is C24H35Cl2N5O2. The van der Waals surface area contributed by atoms with Gasteiger partial charge in [0.25, 0.3) is 0 Å². The lowest BCUT2D eigenvalue weighted by molar-refractivity contribution is -0.148. The fourth-order valence-electron chi connectivity index (χ4n) is 4.69. The third kappa shape index (κ3) is 6.41. The van der Waals surface area contributed by atoms with E-state index in [9.17, 15) is 9.59 Å². The van der Waals surface area contributed by atoms with Gasteiger partial charge in [-0.15, -0.1) is 12.4 Å². The lowest BCUT2D eigenvalue weighted by Crippen LogP contribution is -2.61. The number of piperidine rings is 1. The number of aromatic amines is 1. The van der Waals surface area contributed by atoms with E-state index < -0.39 is 12.1 Å². The second kappa shape index (κ2) is 12.1. The summed E-state index contributed by atoms with van der Waals surface area (Å²) in [6.45, 7) is 4.49. The maximum Gasteiger partial charge on any atom is 0.243 e. The van der Waals surface area contributed by atoms with Gasteiger partial charge in [-0.25, -0.2) is 0 Å². The Morgan fingerprint density at radius 2 is 1.97 bits per heavy atom. The number of H-pyrrole nitrogens is 1. The molecule has 182 valence electrons. The van der Waals surface area contributed by atoms with Gasteiger partial charge in [0.05, 0.1) is 11.1 Å². The van der Waals surface area contributed by atoms with Crippen LogP contribution in [0.5, 0.6) is 0 Å². The van der Waals surface area contributed by atoms with Crippen LogP contribution in [0.25, 0.3) is 10.9 Å². The minimum absolute atomic E-state index is 0.